The van der Waals surface area contributed by atoms with Crippen LogP contribution in [0.15, 0.2) is 12.7 Å². The van der Waals surface area contributed by atoms with Crippen molar-refractivity contribution in [1.29, 1.82) is 0 Å². The number of hydrogen-bond acceptors (Lipinski definition) is 1. The van der Waals surface area contributed by atoms with Gasteiger partial charge in [-0.3, -0.25) is 0 Å². The fraction of sp³-hybridized carbons (Fsp3) is 0.800. The predicted octanol–water partition coefficient (Wildman–Crippen LogP) is 2.72. The summed E-state index contributed by atoms with van der Waals surface area (Å²) in [6.45, 7) is 10.3. The summed E-state index contributed by atoms with van der Waals surface area (Å²) in [5.41, 5.74) is 6.10. The Bertz CT molecular complexity index is 114. The maximum absolute atomic E-state index is 5.72. The molecule has 0 aliphatic rings. The van der Waals surface area contributed by atoms with Gasteiger partial charge in [-0.1, -0.05) is 19.9 Å². The van der Waals surface area contributed by atoms with Crippen molar-refractivity contribution < 1.29 is 0 Å². The molecule has 0 heterocycles. The van der Waals surface area contributed by atoms with E-state index in [2.05, 4.69) is 27.4 Å². The van der Waals surface area contributed by atoms with Gasteiger partial charge in [0, 0.05) is 6.04 Å². The molecule has 0 aromatic heterocycles. The predicted molar refractivity (Wildman–Crippen MR) is 51.5 cm³/mol. The largest absolute Gasteiger partial charge is 0.328 e. The first-order valence-corrected chi connectivity index (χ1v) is 4.34. The minimum atomic E-state index is 0.315. The summed E-state index contributed by atoms with van der Waals surface area (Å²) in [6, 6.07) is 0.315. The molecule has 0 radical (unpaired) electrons. The molecule has 0 aromatic rings. The third-order valence-electron chi connectivity index (χ3n) is 1.90. The molecule has 0 fully saturated rings. The van der Waals surface area contributed by atoms with Gasteiger partial charge in [0.25, 0.3) is 0 Å². The van der Waals surface area contributed by atoms with Crippen molar-refractivity contribution in [1.82, 2.24) is 0 Å². The first kappa shape index (κ1) is 10.7. The van der Waals surface area contributed by atoms with Crippen molar-refractivity contribution in [2.75, 3.05) is 0 Å². The van der Waals surface area contributed by atoms with Crippen LogP contribution in [0.5, 0.6) is 0 Å². The van der Waals surface area contributed by atoms with Gasteiger partial charge in [-0.2, -0.15) is 0 Å². The molecule has 66 valence electrons. The van der Waals surface area contributed by atoms with Gasteiger partial charge in [0.2, 0.25) is 0 Å². The molecule has 0 saturated heterocycles. The number of allylic oxidation sites excluding steroid dienone is 1. The average Bonchev–Trinajstić information content (AvgIpc) is 1.81. The van der Waals surface area contributed by atoms with Gasteiger partial charge < -0.3 is 5.73 Å². The highest BCUT2D eigenvalue weighted by atomic mass is 14.6. The first-order valence-electron chi connectivity index (χ1n) is 4.34. The van der Waals surface area contributed by atoms with Crippen molar-refractivity contribution in [3.8, 4) is 0 Å². The quantitative estimate of drug-likeness (QED) is 0.607. The standard InChI is InChI=1S/C10H21N/c1-5-6-7-10(3,4)8-9(2)11/h5,9H,1,6-8,11H2,2-4H3. The maximum Gasteiger partial charge on any atom is 0.00155 e. The van der Waals surface area contributed by atoms with E-state index >= 15 is 0 Å². The minimum absolute atomic E-state index is 0.315. The van der Waals surface area contributed by atoms with Gasteiger partial charge in [0.15, 0.2) is 0 Å². The van der Waals surface area contributed by atoms with Crippen molar-refractivity contribution in [3.05, 3.63) is 12.7 Å². The lowest BCUT2D eigenvalue weighted by Gasteiger charge is -2.25. The second-order valence-electron chi connectivity index (χ2n) is 4.17. The molecular weight excluding hydrogens is 134 g/mol. The zero-order valence-corrected chi connectivity index (χ0v) is 8.06. The molecule has 0 spiro atoms. The third-order valence-corrected chi connectivity index (χ3v) is 1.90. The Hall–Kier alpha value is -0.300. The van der Waals surface area contributed by atoms with E-state index in [1.807, 2.05) is 6.08 Å². The highest BCUT2D eigenvalue weighted by Gasteiger charge is 2.17. The fourth-order valence-corrected chi connectivity index (χ4v) is 1.47. The monoisotopic (exact) mass is 155 g/mol. The summed E-state index contributed by atoms with van der Waals surface area (Å²) in [5.74, 6) is 0. The summed E-state index contributed by atoms with van der Waals surface area (Å²) in [6.07, 6.45) is 5.36. The van der Waals surface area contributed by atoms with Gasteiger partial charge in [0.1, 0.15) is 0 Å². The average molecular weight is 155 g/mol. The van der Waals surface area contributed by atoms with Crippen LogP contribution in [0.25, 0.3) is 0 Å². The number of nitrogens with two attached hydrogens (primary N) is 1. The van der Waals surface area contributed by atoms with Crippen LogP contribution >= 0.6 is 0 Å². The summed E-state index contributed by atoms with van der Waals surface area (Å²) in [5, 5.41) is 0. The Kier molecular flexibility index (Phi) is 4.43. The van der Waals surface area contributed by atoms with Gasteiger partial charge >= 0.3 is 0 Å². The molecule has 2 N–H and O–H groups in total. The van der Waals surface area contributed by atoms with Crippen LogP contribution in [0.1, 0.15) is 40.0 Å². The summed E-state index contributed by atoms with van der Waals surface area (Å²) < 4.78 is 0. The van der Waals surface area contributed by atoms with E-state index in [1.165, 1.54) is 6.42 Å². The van der Waals surface area contributed by atoms with Gasteiger partial charge in [-0.25, -0.2) is 0 Å². The zero-order chi connectivity index (χ0) is 8.91. The summed E-state index contributed by atoms with van der Waals surface area (Å²) >= 11 is 0. The molecule has 0 aliphatic heterocycles. The second-order valence-corrected chi connectivity index (χ2v) is 4.17. The molecule has 1 unspecified atom stereocenters. The Morgan fingerprint density at radius 2 is 2.09 bits per heavy atom. The summed E-state index contributed by atoms with van der Waals surface area (Å²) in [7, 11) is 0. The van der Waals surface area contributed by atoms with Crippen LogP contribution < -0.4 is 5.73 Å². The van der Waals surface area contributed by atoms with Crippen molar-refractivity contribution in [2.24, 2.45) is 11.1 Å². The van der Waals surface area contributed by atoms with E-state index in [4.69, 9.17) is 5.73 Å². The zero-order valence-electron chi connectivity index (χ0n) is 8.06. The Morgan fingerprint density at radius 1 is 1.55 bits per heavy atom. The molecule has 0 rings (SSSR count). The molecule has 1 heteroatoms. The smallest absolute Gasteiger partial charge is 0.00155 e. The van der Waals surface area contributed by atoms with Crippen molar-refractivity contribution in [3.63, 3.8) is 0 Å². The van der Waals surface area contributed by atoms with E-state index in [0.29, 0.717) is 11.5 Å². The lowest BCUT2D eigenvalue weighted by molar-refractivity contribution is 0.290. The van der Waals surface area contributed by atoms with E-state index in [-0.39, 0.29) is 0 Å². The SMILES string of the molecule is C=CCCC(C)(C)CC(C)N. The van der Waals surface area contributed by atoms with E-state index in [1.54, 1.807) is 0 Å². The molecule has 1 nitrogen and oxygen atoms in total. The van der Waals surface area contributed by atoms with Gasteiger partial charge in [-0.15, -0.1) is 6.58 Å². The van der Waals surface area contributed by atoms with Crippen LogP contribution in [0.3, 0.4) is 0 Å². The molecule has 11 heavy (non-hydrogen) atoms. The molecule has 0 bridgehead atoms. The molecule has 0 saturated carbocycles. The fourth-order valence-electron chi connectivity index (χ4n) is 1.47. The Morgan fingerprint density at radius 3 is 2.45 bits per heavy atom. The normalized spacial score (nSPS) is 14.5. The first-order chi connectivity index (χ1) is 4.98. The minimum Gasteiger partial charge on any atom is -0.328 e. The van der Waals surface area contributed by atoms with Crippen molar-refractivity contribution in [2.45, 2.75) is 46.1 Å². The van der Waals surface area contributed by atoms with Gasteiger partial charge in [-0.05, 0) is 31.6 Å². The number of hydrogen-bond donors (Lipinski definition) is 1. The van der Waals surface area contributed by atoms with E-state index in [9.17, 15) is 0 Å². The Labute approximate surface area is 70.7 Å². The van der Waals surface area contributed by atoms with Crippen LogP contribution in [-0.4, -0.2) is 6.04 Å². The van der Waals surface area contributed by atoms with Gasteiger partial charge in [0.05, 0.1) is 0 Å². The maximum atomic E-state index is 5.72. The second kappa shape index (κ2) is 4.55. The molecular formula is C10H21N. The van der Waals surface area contributed by atoms with Crippen LogP contribution in [0.4, 0.5) is 0 Å². The topological polar surface area (TPSA) is 26.0 Å². The van der Waals surface area contributed by atoms with Crippen molar-refractivity contribution >= 4 is 0 Å². The molecule has 0 amide bonds. The lowest BCUT2D eigenvalue weighted by atomic mass is 9.82. The van der Waals surface area contributed by atoms with E-state index in [0.717, 1.165) is 12.8 Å². The highest BCUT2D eigenvalue weighted by molar-refractivity contribution is 4.77. The van der Waals surface area contributed by atoms with E-state index < -0.39 is 0 Å². The highest BCUT2D eigenvalue weighted by Crippen LogP contribution is 2.27. The molecule has 1 atom stereocenters. The Balaban J connectivity index is 3.69. The van der Waals surface area contributed by atoms with Crippen LogP contribution in [0, 0.1) is 5.41 Å². The lowest BCUT2D eigenvalue weighted by Crippen LogP contribution is -2.24. The third kappa shape index (κ3) is 6.11. The van der Waals surface area contributed by atoms with Crippen LogP contribution in [0.2, 0.25) is 0 Å². The molecule has 0 aromatic carbocycles. The summed E-state index contributed by atoms with van der Waals surface area (Å²) in [4.78, 5) is 0. The van der Waals surface area contributed by atoms with Crippen LogP contribution in [-0.2, 0) is 0 Å². The number of rotatable bonds is 5. The molecule has 0 aliphatic carbocycles.